The molecule has 0 spiro atoms. The third kappa shape index (κ3) is 12.5. The van der Waals surface area contributed by atoms with Crippen LogP contribution in [0.2, 0.25) is 0 Å². The van der Waals surface area contributed by atoms with Gasteiger partial charge in [-0.1, -0.05) is 57.5 Å². The monoisotopic (exact) mass is 717 g/mol. The highest BCUT2D eigenvalue weighted by Gasteiger charge is 2.42. The van der Waals surface area contributed by atoms with Crippen LogP contribution in [0.4, 0.5) is 0 Å². The highest BCUT2D eigenvalue weighted by Crippen LogP contribution is 2.29. The molecule has 14 heteroatoms. The number of methoxy groups -OCH3 is 2. The Morgan fingerprint density at radius 2 is 1.73 bits per heavy atom. The van der Waals surface area contributed by atoms with Gasteiger partial charge in [-0.25, -0.2) is 9.79 Å². The second-order valence-corrected chi connectivity index (χ2v) is 13.8. The summed E-state index contributed by atoms with van der Waals surface area (Å²) in [4.78, 5) is 65.1. The quantitative estimate of drug-likeness (QED) is 0.134. The third-order valence-electron chi connectivity index (χ3n) is 10.00. The number of benzene rings is 1. The number of aliphatic imine (C=N–C) groups is 1. The van der Waals surface area contributed by atoms with E-state index in [0.717, 1.165) is 31.5 Å². The van der Waals surface area contributed by atoms with Crippen molar-refractivity contribution in [3.63, 3.8) is 0 Å². The summed E-state index contributed by atoms with van der Waals surface area (Å²) in [6.07, 6.45) is 1.06. The number of ether oxygens (including phenoxy) is 2. The predicted octanol–water partition coefficient (Wildman–Crippen LogP) is 1.79. The Kier molecular flexibility index (Phi) is 18.4. The van der Waals surface area contributed by atoms with Crippen LogP contribution >= 0.6 is 0 Å². The molecule has 0 aromatic heterocycles. The van der Waals surface area contributed by atoms with Crippen molar-refractivity contribution in [3.8, 4) is 0 Å². The van der Waals surface area contributed by atoms with Crippen molar-refractivity contribution >= 4 is 29.7 Å². The van der Waals surface area contributed by atoms with Crippen molar-refractivity contribution in [1.82, 2.24) is 30.2 Å². The summed E-state index contributed by atoms with van der Waals surface area (Å²) < 4.78 is 11.8. The van der Waals surface area contributed by atoms with Gasteiger partial charge in [-0.2, -0.15) is 0 Å². The highest BCUT2D eigenvalue weighted by molar-refractivity contribution is 5.86. The van der Waals surface area contributed by atoms with Gasteiger partial charge in [-0.3, -0.25) is 14.4 Å². The molecule has 1 fully saturated rings. The summed E-state index contributed by atoms with van der Waals surface area (Å²) in [5.41, 5.74) is 0.795. The van der Waals surface area contributed by atoms with Gasteiger partial charge in [-0.05, 0) is 31.4 Å². The van der Waals surface area contributed by atoms with Crippen molar-refractivity contribution in [1.29, 1.82) is 0 Å². The van der Waals surface area contributed by atoms with E-state index in [9.17, 15) is 24.3 Å². The van der Waals surface area contributed by atoms with Gasteiger partial charge < -0.3 is 44.8 Å². The van der Waals surface area contributed by atoms with Crippen LogP contribution in [0.15, 0.2) is 35.3 Å². The number of nitrogens with one attached hydrogen (secondary N) is 2. The average molecular weight is 718 g/mol. The van der Waals surface area contributed by atoms with Crippen LogP contribution in [-0.4, -0.2) is 160 Å². The van der Waals surface area contributed by atoms with Gasteiger partial charge in [0.2, 0.25) is 17.7 Å². The largest absolute Gasteiger partial charge is 0.480 e. The first-order valence-corrected chi connectivity index (χ1v) is 18.0. The number of guanidine groups is 1. The van der Waals surface area contributed by atoms with E-state index in [1.165, 1.54) is 7.11 Å². The molecule has 14 nitrogen and oxygen atoms in total. The van der Waals surface area contributed by atoms with Gasteiger partial charge in [-0.15, -0.1) is 0 Å². The van der Waals surface area contributed by atoms with Crippen LogP contribution in [0, 0.1) is 11.8 Å². The molecule has 2 rings (SSSR count). The number of likely N-dealkylation sites (tertiary alicyclic amines) is 1. The van der Waals surface area contributed by atoms with Crippen molar-refractivity contribution < 1.29 is 33.8 Å². The number of likely N-dealkylation sites (N-methyl/N-ethyl adjacent to an activating group) is 3. The lowest BCUT2D eigenvalue weighted by Gasteiger charge is -2.39. The zero-order chi connectivity index (χ0) is 38.2. The molecule has 1 saturated heterocycles. The summed E-state index contributed by atoms with van der Waals surface area (Å²) in [6.45, 7) is 7.73. The number of rotatable bonds is 20. The molecule has 6 unspecified atom stereocenters. The molecule has 51 heavy (non-hydrogen) atoms. The third-order valence-corrected chi connectivity index (χ3v) is 10.00. The molecule has 0 bridgehead atoms. The SMILES string of the molecule is CCC(C)C(C(CC(=O)N1CCCC1C(OC)C(C)C(=O)N[C@@H](Cc1ccccc1)C(=O)O)OC)N(C)C(=O)CN=C(N(C)C)N(C)CCNC. The van der Waals surface area contributed by atoms with Crippen molar-refractivity contribution in [2.75, 3.05) is 75.6 Å². The molecule has 7 atom stereocenters. The van der Waals surface area contributed by atoms with Crippen LogP contribution in [-0.2, 0) is 35.1 Å². The fourth-order valence-electron chi connectivity index (χ4n) is 6.91. The van der Waals surface area contributed by atoms with Gasteiger partial charge >= 0.3 is 5.97 Å². The Morgan fingerprint density at radius 3 is 2.27 bits per heavy atom. The van der Waals surface area contributed by atoms with E-state index in [2.05, 4.69) is 15.6 Å². The molecule has 0 aliphatic carbocycles. The molecule has 3 amide bonds. The maximum absolute atomic E-state index is 14.0. The number of carboxylic acid groups (broad SMARTS) is 1. The molecule has 1 aromatic carbocycles. The minimum atomic E-state index is -1.13. The van der Waals surface area contributed by atoms with Crippen molar-refractivity contribution in [2.45, 2.75) is 83.2 Å². The average Bonchev–Trinajstić information content (AvgIpc) is 3.60. The molecule has 1 aliphatic heterocycles. The Bertz CT molecular complexity index is 1280. The minimum absolute atomic E-state index is 0.0233. The lowest BCUT2D eigenvalue weighted by atomic mass is 9.90. The van der Waals surface area contributed by atoms with Crippen LogP contribution in [0.25, 0.3) is 0 Å². The van der Waals surface area contributed by atoms with E-state index in [4.69, 9.17) is 9.47 Å². The summed E-state index contributed by atoms with van der Waals surface area (Å²) >= 11 is 0. The standard InChI is InChI=1S/C37H63N7O7/c1-11-25(2)33(43(8)32(46)24-39-37(41(5)6)42(7)21-19-38-4)30(50-9)23-31(45)44-20-15-18-29(44)34(51-10)26(3)35(47)40-28(36(48)49)22-27-16-13-12-14-17-27/h12-14,16-17,25-26,28-30,33-34,38H,11,15,18-24H2,1-10H3,(H,40,47)(H,48,49)/t25?,26?,28-,29?,30?,33?,34?/m0/s1. The number of aliphatic carboxylic acids is 1. The van der Waals surface area contributed by atoms with Gasteiger partial charge in [0.15, 0.2) is 5.96 Å². The number of nitrogens with zero attached hydrogens (tertiary/aromatic N) is 5. The fraction of sp³-hybridized carbons (Fsp3) is 0.703. The smallest absolute Gasteiger partial charge is 0.326 e. The number of hydrogen-bond donors (Lipinski definition) is 3. The Balaban J connectivity index is 2.21. The lowest BCUT2D eigenvalue weighted by Crippen LogP contribution is -2.54. The first-order chi connectivity index (χ1) is 24.2. The second kappa shape index (κ2) is 21.6. The lowest BCUT2D eigenvalue weighted by molar-refractivity contribution is -0.146. The van der Waals surface area contributed by atoms with E-state index in [0.29, 0.717) is 18.9 Å². The zero-order valence-corrected chi connectivity index (χ0v) is 32.4. The molecule has 288 valence electrons. The molecule has 0 saturated carbocycles. The maximum Gasteiger partial charge on any atom is 0.326 e. The second-order valence-electron chi connectivity index (χ2n) is 13.8. The van der Waals surface area contributed by atoms with Gasteiger partial charge in [0.1, 0.15) is 12.6 Å². The summed E-state index contributed by atoms with van der Waals surface area (Å²) in [5, 5.41) is 15.7. The minimum Gasteiger partial charge on any atom is -0.480 e. The van der Waals surface area contributed by atoms with E-state index >= 15 is 0 Å². The Hall–Kier alpha value is -3.75. The summed E-state index contributed by atoms with van der Waals surface area (Å²) in [7, 11) is 12.4. The normalized spacial score (nSPS) is 18.3. The number of carboxylic acids is 1. The number of carbonyl (C=O) groups excluding carboxylic acids is 3. The first-order valence-electron chi connectivity index (χ1n) is 18.0. The van der Waals surface area contributed by atoms with Crippen LogP contribution in [0.5, 0.6) is 0 Å². The molecule has 1 heterocycles. The molecular weight excluding hydrogens is 654 g/mol. The van der Waals surface area contributed by atoms with Gasteiger partial charge in [0.25, 0.3) is 0 Å². The number of amides is 3. The summed E-state index contributed by atoms with van der Waals surface area (Å²) in [5.74, 6) is -1.93. The maximum atomic E-state index is 14.0. The summed E-state index contributed by atoms with van der Waals surface area (Å²) in [6, 6.07) is 7.24. The molecule has 1 aromatic rings. The van der Waals surface area contributed by atoms with Crippen LogP contribution in [0.1, 0.15) is 52.0 Å². The van der Waals surface area contributed by atoms with Crippen LogP contribution < -0.4 is 10.6 Å². The van der Waals surface area contributed by atoms with Gasteiger partial charge in [0, 0.05) is 68.5 Å². The first kappa shape index (κ1) is 43.4. The number of hydrogen-bond acceptors (Lipinski definition) is 8. The molecule has 0 radical (unpaired) electrons. The van der Waals surface area contributed by atoms with Crippen LogP contribution in [0.3, 0.4) is 0 Å². The van der Waals surface area contributed by atoms with E-state index in [1.807, 2.05) is 82.2 Å². The predicted molar refractivity (Wildman–Crippen MR) is 198 cm³/mol. The molecule has 3 N–H and O–H groups in total. The topological polar surface area (TPSA) is 156 Å². The Labute approximate surface area is 304 Å². The van der Waals surface area contributed by atoms with E-state index < -0.39 is 48.1 Å². The fourth-order valence-corrected chi connectivity index (χ4v) is 6.91. The van der Waals surface area contributed by atoms with Gasteiger partial charge in [0.05, 0.1) is 36.6 Å². The molecular formula is C37H63N7O7. The van der Waals surface area contributed by atoms with E-state index in [1.54, 1.807) is 30.9 Å². The zero-order valence-electron chi connectivity index (χ0n) is 32.4. The highest BCUT2D eigenvalue weighted by atomic mass is 16.5. The Morgan fingerprint density at radius 1 is 1.06 bits per heavy atom. The molecule has 1 aliphatic rings. The van der Waals surface area contributed by atoms with Crippen molar-refractivity contribution in [2.24, 2.45) is 16.8 Å². The van der Waals surface area contributed by atoms with Crippen molar-refractivity contribution in [3.05, 3.63) is 35.9 Å². The number of carbonyl (C=O) groups is 4. The van der Waals surface area contributed by atoms with E-state index in [-0.39, 0.29) is 37.1 Å².